The summed E-state index contributed by atoms with van der Waals surface area (Å²) in [5.41, 5.74) is 7.25. The highest BCUT2D eigenvalue weighted by atomic mass is 16.5. The lowest BCUT2D eigenvalue weighted by Crippen LogP contribution is -2.39. The van der Waals surface area contributed by atoms with Gasteiger partial charge in [0, 0.05) is 85.6 Å². The third-order valence-electron chi connectivity index (χ3n) is 11.4. The van der Waals surface area contributed by atoms with Crippen LogP contribution in [-0.4, -0.2) is 141 Å². The molecule has 0 radical (unpaired) electrons. The van der Waals surface area contributed by atoms with Crippen molar-refractivity contribution in [3.05, 3.63) is 34.6 Å². The summed E-state index contributed by atoms with van der Waals surface area (Å²) in [7, 11) is 9.98. The number of ether oxygens (including phenoxy) is 8. The molecular weight excluding hydrogens is 692 g/mol. The smallest absolute Gasteiger partial charge is 0.204 e. The fourth-order valence-electron chi connectivity index (χ4n) is 8.65. The molecule has 0 unspecified atom stereocenters. The quantitative estimate of drug-likeness (QED) is 0.165. The second-order valence-corrected chi connectivity index (χ2v) is 14.2. The van der Waals surface area contributed by atoms with Gasteiger partial charge >= 0.3 is 0 Å². The number of aromatic amines is 2. The Morgan fingerprint density at radius 2 is 0.944 bits per heavy atom. The lowest BCUT2D eigenvalue weighted by molar-refractivity contribution is 0.0359. The highest BCUT2D eigenvalue weighted by molar-refractivity contribution is 5.96. The van der Waals surface area contributed by atoms with E-state index in [9.17, 15) is 0 Å². The Kier molecular flexibility index (Phi) is 12.6. The number of aromatic nitrogens is 2. The van der Waals surface area contributed by atoms with E-state index in [4.69, 9.17) is 37.9 Å². The maximum Gasteiger partial charge on any atom is 0.204 e. The van der Waals surface area contributed by atoms with Crippen LogP contribution < -0.4 is 39.1 Å². The van der Waals surface area contributed by atoms with Gasteiger partial charge in [0.2, 0.25) is 11.5 Å². The van der Waals surface area contributed by atoms with Gasteiger partial charge in [0.1, 0.15) is 0 Å². The second-order valence-electron chi connectivity index (χ2n) is 14.2. The molecule has 296 valence electrons. The maximum absolute atomic E-state index is 5.74. The molecule has 4 N–H and O–H groups in total. The normalized spacial score (nSPS) is 20.5. The maximum atomic E-state index is 5.74. The van der Waals surface area contributed by atoms with Crippen molar-refractivity contribution in [1.29, 1.82) is 0 Å². The van der Waals surface area contributed by atoms with Crippen LogP contribution in [0.25, 0.3) is 21.8 Å². The van der Waals surface area contributed by atoms with Gasteiger partial charge in [-0.3, -0.25) is 9.80 Å². The number of rotatable bonds is 12. The van der Waals surface area contributed by atoms with Crippen molar-refractivity contribution in [2.45, 2.75) is 37.8 Å². The molecule has 6 heterocycles. The molecule has 0 aliphatic carbocycles. The summed E-state index contributed by atoms with van der Waals surface area (Å²) >= 11 is 0. The van der Waals surface area contributed by atoms with Crippen molar-refractivity contribution >= 4 is 21.8 Å². The number of morpholine rings is 2. The first-order valence-electron chi connectivity index (χ1n) is 19.3. The molecular formula is C40H58N6O8. The summed E-state index contributed by atoms with van der Waals surface area (Å²) in [5.74, 6) is 4.16. The predicted molar refractivity (Wildman–Crippen MR) is 209 cm³/mol. The largest absolute Gasteiger partial charge is 0.493 e. The van der Waals surface area contributed by atoms with E-state index in [0.29, 0.717) is 35.1 Å². The summed E-state index contributed by atoms with van der Waals surface area (Å²) < 4.78 is 44.6. The molecule has 2 saturated heterocycles. The van der Waals surface area contributed by atoms with Gasteiger partial charge in [-0.15, -0.1) is 0 Å². The van der Waals surface area contributed by atoms with Crippen molar-refractivity contribution in [1.82, 2.24) is 30.4 Å². The molecule has 4 aromatic rings. The molecule has 4 aliphatic heterocycles. The highest BCUT2D eigenvalue weighted by Crippen LogP contribution is 2.48. The van der Waals surface area contributed by atoms with Gasteiger partial charge in [-0.2, -0.15) is 0 Å². The Balaban J connectivity index is 0.000000167. The zero-order valence-corrected chi connectivity index (χ0v) is 32.8. The zero-order chi connectivity index (χ0) is 37.6. The summed E-state index contributed by atoms with van der Waals surface area (Å²) in [6.07, 6.45) is 4.07. The Morgan fingerprint density at radius 1 is 0.556 bits per heavy atom. The summed E-state index contributed by atoms with van der Waals surface area (Å²) in [6, 6.07) is 4.64. The van der Waals surface area contributed by atoms with Crippen LogP contribution in [-0.2, 0) is 22.3 Å². The van der Waals surface area contributed by atoms with E-state index in [2.05, 4.69) is 30.4 Å². The fraction of sp³-hybridized carbons (Fsp3) is 0.600. The van der Waals surface area contributed by atoms with Gasteiger partial charge in [0.05, 0.1) is 80.1 Å². The standard InChI is InChI=1S/2C20H29N3O4/c2*1-24-16-12-15-17(20(26-3)19(16)25-2)13-4-6-21-14(18(13)22-15)5-7-23-8-10-27-11-9-23/h2*12,14,21-22H,4-11H2,1-3H3/t2*14-/m10/s1. The first kappa shape index (κ1) is 38.4. The van der Waals surface area contributed by atoms with E-state index < -0.39 is 0 Å². The first-order valence-corrected chi connectivity index (χ1v) is 19.3. The van der Waals surface area contributed by atoms with Gasteiger partial charge in [-0.25, -0.2) is 0 Å². The van der Waals surface area contributed by atoms with E-state index in [-0.39, 0.29) is 0 Å². The molecule has 0 spiro atoms. The van der Waals surface area contributed by atoms with Crippen molar-refractivity contribution in [2.75, 3.05) is 121 Å². The Morgan fingerprint density at radius 3 is 1.30 bits per heavy atom. The topological polar surface area (TPSA) is 136 Å². The van der Waals surface area contributed by atoms with E-state index in [1.165, 1.54) is 22.5 Å². The Labute approximate surface area is 318 Å². The predicted octanol–water partition coefficient (Wildman–Crippen LogP) is 4.21. The summed E-state index contributed by atoms with van der Waals surface area (Å²) in [4.78, 5) is 12.2. The zero-order valence-electron chi connectivity index (χ0n) is 32.8. The Hall–Kier alpha value is -3.92. The second kappa shape index (κ2) is 17.7. The summed E-state index contributed by atoms with van der Waals surface area (Å²) in [6.45, 7) is 11.5. The molecule has 54 heavy (non-hydrogen) atoms. The SMILES string of the molecule is COc1cc2[nH]c3c(c2c(OC)c1OC)CCN[C@@H]3CCN1CCOCC1.COc1cc2[nH]c3c(c2c(OC)c1OC)CCN[C@H]3CCN1CCOCC1. The minimum atomic E-state index is 0.311. The fourth-order valence-corrected chi connectivity index (χ4v) is 8.65. The molecule has 0 amide bonds. The highest BCUT2D eigenvalue weighted by Gasteiger charge is 2.30. The minimum absolute atomic E-state index is 0.311. The van der Waals surface area contributed by atoms with Gasteiger partial charge in [0.25, 0.3) is 0 Å². The van der Waals surface area contributed by atoms with Crippen LogP contribution in [0.4, 0.5) is 0 Å². The van der Waals surface area contributed by atoms with E-state index >= 15 is 0 Å². The monoisotopic (exact) mass is 750 g/mol. The number of hydrogen-bond acceptors (Lipinski definition) is 12. The molecule has 14 nitrogen and oxygen atoms in total. The van der Waals surface area contributed by atoms with E-state index in [1.807, 2.05) is 12.1 Å². The number of methoxy groups -OCH3 is 6. The molecule has 8 rings (SSSR count). The van der Waals surface area contributed by atoms with Crippen LogP contribution >= 0.6 is 0 Å². The number of H-pyrrole nitrogens is 2. The van der Waals surface area contributed by atoms with Gasteiger partial charge in [-0.1, -0.05) is 0 Å². The Bertz CT molecular complexity index is 1730. The average Bonchev–Trinajstić information content (AvgIpc) is 3.80. The van der Waals surface area contributed by atoms with Gasteiger partial charge in [-0.05, 0) is 49.9 Å². The number of nitrogens with one attached hydrogen (secondary N) is 4. The number of benzene rings is 2. The van der Waals surface area contributed by atoms with Crippen LogP contribution in [0.1, 0.15) is 47.4 Å². The molecule has 2 aromatic heterocycles. The molecule has 2 atom stereocenters. The van der Waals surface area contributed by atoms with Crippen LogP contribution in [0.3, 0.4) is 0 Å². The van der Waals surface area contributed by atoms with E-state index in [0.717, 1.165) is 138 Å². The number of hydrogen-bond donors (Lipinski definition) is 4. The van der Waals surface area contributed by atoms with Crippen LogP contribution in [0, 0.1) is 0 Å². The molecule has 0 bridgehead atoms. The number of fused-ring (bicyclic) bond motifs is 6. The van der Waals surface area contributed by atoms with Crippen LogP contribution in [0.15, 0.2) is 12.1 Å². The third kappa shape index (κ3) is 7.64. The van der Waals surface area contributed by atoms with Crippen molar-refractivity contribution in [2.24, 2.45) is 0 Å². The molecule has 0 saturated carbocycles. The molecule has 14 heteroatoms. The molecule has 2 aromatic carbocycles. The van der Waals surface area contributed by atoms with Crippen LogP contribution in [0.5, 0.6) is 34.5 Å². The molecule has 2 fully saturated rings. The summed E-state index contributed by atoms with van der Waals surface area (Å²) in [5, 5.41) is 9.58. The van der Waals surface area contributed by atoms with Crippen molar-refractivity contribution in [3.63, 3.8) is 0 Å². The van der Waals surface area contributed by atoms with E-state index in [1.54, 1.807) is 42.7 Å². The lowest BCUT2D eigenvalue weighted by atomic mass is 9.96. The molecule has 4 aliphatic rings. The van der Waals surface area contributed by atoms with Crippen LogP contribution in [0.2, 0.25) is 0 Å². The number of nitrogens with zero attached hydrogens (tertiary/aromatic N) is 2. The lowest BCUT2D eigenvalue weighted by Gasteiger charge is -2.30. The van der Waals surface area contributed by atoms with Crippen molar-refractivity contribution < 1.29 is 37.9 Å². The minimum Gasteiger partial charge on any atom is -0.493 e. The third-order valence-corrected chi connectivity index (χ3v) is 11.4. The average molecular weight is 751 g/mol. The first-order chi connectivity index (χ1) is 26.5. The van der Waals surface area contributed by atoms with Gasteiger partial charge < -0.3 is 58.5 Å². The van der Waals surface area contributed by atoms with Crippen molar-refractivity contribution in [3.8, 4) is 34.5 Å². The van der Waals surface area contributed by atoms with Gasteiger partial charge in [0.15, 0.2) is 23.0 Å².